The van der Waals surface area contributed by atoms with Crippen LogP contribution in [0.5, 0.6) is 23.0 Å². The van der Waals surface area contributed by atoms with E-state index in [2.05, 4.69) is 41.4 Å². The molecule has 2 aromatic carbocycles. The van der Waals surface area contributed by atoms with Crippen molar-refractivity contribution in [2.45, 2.75) is 57.7 Å². The van der Waals surface area contributed by atoms with Crippen LogP contribution in [0, 0.1) is 11.8 Å². The Bertz CT molecular complexity index is 1060. The van der Waals surface area contributed by atoms with E-state index in [1.54, 1.807) is 28.4 Å². The number of fused-ring (bicyclic) bond motifs is 4. The quantitative estimate of drug-likeness (QED) is 0.616. The summed E-state index contributed by atoms with van der Waals surface area (Å²) < 4.78 is 22.4. The summed E-state index contributed by atoms with van der Waals surface area (Å²) in [5, 5.41) is 3.83. The summed E-state index contributed by atoms with van der Waals surface area (Å²) in [5.74, 6) is 4.76. The minimum atomic E-state index is 0.464. The SMILES string of the molecule is CC[C@H]1CN2CCc3cc(OC)c(OC)cc3[C@@H]2C[C@@H]1C[C@@H]1Cc2cc(OC)c(OC)cc2CN1. The second-order valence-electron chi connectivity index (χ2n) is 10.3. The summed E-state index contributed by atoms with van der Waals surface area (Å²) in [4.78, 5) is 2.72. The van der Waals surface area contributed by atoms with Crippen LogP contribution in [0.4, 0.5) is 0 Å². The first kappa shape index (κ1) is 24.3. The van der Waals surface area contributed by atoms with Crippen molar-refractivity contribution in [3.8, 4) is 23.0 Å². The van der Waals surface area contributed by atoms with Gasteiger partial charge in [-0.1, -0.05) is 13.3 Å². The van der Waals surface area contributed by atoms with Gasteiger partial charge in [0, 0.05) is 31.7 Å². The molecule has 190 valence electrons. The number of ether oxygens (including phenoxy) is 4. The van der Waals surface area contributed by atoms with Crippen LogP contribution in [-0.2, 0) is 19.4 Å². The topological polar surface area (TPSA) is 52.2 Å². The molecule has 0 unspecified atom stereocenters. The van der Waals surface area contributed by atoms with Crippen LogP contribution >= 0.6 is 0 Å². The lowest BCUT2D eigenvalue weighted by atomic mass is 9.72. The molecule has 5 rings (SSSR count). The van der Waals surface area contributed by atoms with E-state index >= 15 is 0 Å². The third kappa shape index (κ3) is 4.58. The summed E-state index contributed by atoms with van der Waals surface area (Å²) in [6.45, 7) is 5.57. The molecule has 0 radical (unpaired) electrons. The molecule has 3 aliphatic heterocycles. The highest BCUT2D eigenvalue weighted by Crippen LogP contribution is 2.46. The molecule has 2 aromatic rings. The summed E-state index contributed by atoms with van der Waals surface area (Å²) in [6, 6.07) is 9.70. The predicted molar refractivity (Wildman–Crippen MR) is 138 cm³/mol. The Morgan fingerprint density at radius 2 is 1.46 bits per heavy atom. The van der Waals surface area contributed by atoms with Crippen molar-refractivity contribution < 1.29 is 18.9 Å². The van der Waals surface area contributed by atoms with Gasteiger partial charge in [-0.05, 0) is 84.0 Å². The minimum Gasteiger partial charge on any atom is -0.493 e. The molecule has 1 fully saturated rings. The molecule has 3 aliphatic rings. The van der Waals surface area contributed by atoms with Gasteiger partial charge in [0.25, 0.3) is 0 Å². The van der Waals surface area contributed by atoms with Crippen LogP contribution in [-0.4, -0.2) is 52.5 Å². The van der Waals surface area contributed by atoms with E-state index in [0.29, 0.717) is 18.0 Å². The number of nitrogens with zero attached hydrogens (tertiary/aromatic N) is 1. The zero-order valence-corrected chi connectivity index (χ0v) is 21.9. The third-order valence-corrected chi connectivity index (χ3v) is 8.64. The second-order valence-corrected chi connectivity index (χ2v) is 10.3. The highest BCUT2D eigenvalue weighted by atomic mass is 16.5. The first-order chi connectivity index (χ1) is 17.1. The van der Waals surface area contributed by atoms with Crippen LogP contribution in [0.15, 0.2) is 24.3 Å². The van der Waals surface area contributed by atoms with Crippen molar-refractivity contribution >= 4 is 0 Å². The summed E-state index contributed by atoms with van der Waals surface area (Å²) in [5.41, 5.74) is 5.57. The Hall–Kier alpha value is -2.44. The van der Waals surface area contributed by atoms with Gasteiger partial charge in [-0.3, -0.25) is 4.90 Å². The summed E-state index contributed by atoms with van der Waals surface area (Å²) in [7, 11) is 6.88. The van der Waals surface area contributed by atoms with E-state index in [0.717, 1.165) is 54.8 Å². The molecule has 0 amide bonds. The zero-order chi connectivity index (χ0) is 24.5. The van der Waals surface area contributed by atoms with Gasteiger partial charge in [0.1, 0.15) is 0 Å². The van der Waals surface area contributed by atoms with Crippen molar-refractivity contribution in [3.05, 3.63) is 46.5 Å². The number of piperidine rings is 1. The first-order valence-electron chi connectivity index (χ1n) is 13.0. The lowest BCUT2D eigenvalue weighted by molar-refractivity contribution is 0.0434. The molecule has 0 bridgehead atoms. The van der Waals surface area contributed by atoms with E-state index < -0.39 is 0 Å². The van der Waals surface area contributed by atoms with Gasteiger partial charge >= 0.3 is 0 Å². The molecule has 0 aliphatic carbocycles. The van der Waals surface area contributed by atoms with Gasteiger partial charge < -0.3 is 24.3 Å². The molecule has 6 heteroatoms. The van der Waals surface area contributed by atoms with Crippen molar-refractivity contribution in [1.29, 1.82) is 0 Å². The Labute approximate surface area is 209 Å². The van der Waals surface area contributed by atoms with E-state index in [-0.39, 0.29) is 0 Å². The van der Waals surface area contributed by atoms with Crippen LogP contribution < -0.4 is 24.3 Å². The molecular formula is C29H40N2O4. The number of hydrogen-bond donors (Lipinski definition) is 1. The second kappa shape index (κ2) is 10.3. The first-order valence-corrected chi connectivity index (χ1v) is 13.0. The Morgan fingerprint density at radius 3 is 2.11 bits per heavy atom. The molecule has 6 nitrogen and oxygen atoms in total. The highest BCUT2D eigenvalue weighted by molar-refractivity contribution is 5.50. The van der Waals surface area contributed by atoms with E-state index in [4.69, 9.17) is 18.9 Å². The lowest BCUT2D eigenvalue weighted by Crippen LogP contribution is -2.48. The smallest absolute Gasteiger partial charge is 0.161 e. The summed E-state index contributed by atoms with van der Waals surface area (Å²) >= 11 is 0. The van der Waals surface area contributed by atoms with Gasteiger partial charge in [0.15, 0.2) is 23.0 Å². The van der Waals surface area contributed by atoms with Gasteiger partial charge in [-0.25, -0.2) is 0 Å². The number of benzene rings is 2. The van der Waals surface area contributed by atoms with E-state index in [9.17, 15) is 0 Å². The molecule has 3 heterocycles. The predicted octanol–water partition coefficient (Wildman–Crippen LogP) is 4.77. The number of nitrogens with one attached hydrogen (secondary N) is 1. The monoisotopic (exact) mass is 480 g/mol. The van der Waals surface area contributed by atoms with E-state index in [1.165, 1.54) is 48.1 Å². The number of hydrogen-bond acceptors (Lipinski definition) is 6. The molecule has 1 saturated heterocycles. The van der Waals surface area contributed by atoms with Gasteiger partial charge in [0.05, 0.1) is 28.4 Å². The average molecular weight is 481 g/mol. The molecule has 35 heavy (non-hydrogen) atoms. The van der Waals surface area contributed by atoms with Gasteiger partial charge in [-0.2, -0.15) is 0 Å². The number of methoxy groups -OCH3 is 4. The normalized spacial score (nSPS) is 25.7. The molecular weight excluding hydrogens is 440 g/mol. The van der Waals surface area contributed by atoms with Crippen molar-refractivity contribution in [3.63, 3.8) is 0 Å². The van der Waals surface area contributed by atoms with Crippen molar-refractivity contribution in [2.75, 3.05) is 41.5 Å². The Balaban J connectivity index is 1.35. The number of rotatable bonds is 7. The molecule has 4 atom stereocenters. The van der Waals surface area contributed by atoms with Crippen molar-refractivity contribution in [1.82, 2.24) is 10.2 Å². The third-order valence-electron chi connectivity index (χ3n) is 8.64. The molecule has 0 aromatic heterocycles. The van der Waals surface area contributed by atoms with Crippen LogP contribution in [0.2, 0.25) is 0 Å². The lowest BCUT2D eigenvalue weighted by Gasteiger charge is -2.48. The Morgan fingerprint density at radius 1 is 0.829 bits per heavy atom. The zero-order valence-electron chi connectivity index (χ0n) is 21.9. The molecule has 0 spiro atoms. The van der Waals surface area contributed by atoms with E-state index in [1.807, 2.05) is 0 Å². The van der Waals surface area contributed by atoms with Crippen molar-refractivity contribution in [2.24, 2.45) is 11.8 Å². The standard InChI is InChI=1S/C29H40N2O4/c1-6-18-17-31-8-7-19-12-26(32-2)29(35-5)15-24(19)25(31)11-20(18)9-23-10-21-13-27(33-3)28(34-4)14-22(21)16-30-23/h12-15,18,20,23,25,30H,6-11,16-17H2,1-5H3/t18-,20-,23+,25-/m0/s1. The largest absolute Gasteiger partial charge is 0.493 e. The summed E-state index contributed by atoms with van der Waals surface area (Å²) in [6.07, 6.45) is 5.77. The maximum Gasteiger partial charge on any atom is 0.161 e. The van der Waals surface area contributed by atoms with Crippen LogP contribution in [0.1, 0.15) is 54.5 Å². The highest BCUT2D eigenvalue weighted by Gasteiger charge is 2.39. The van der Waals surface area contributed by atoms with Crippen LogP contribution in [0.3, 0.4) is 0 Å². The van der Waals surface area contributed by atoms with Gasteiger partial charge in [-0.15, -0.1) is 0 Å². The molecule has 1 N–H and O–H groups in total. The minimum absolute atomic E-state index is 0.464. The van der Waals surface area contributed by atoms with Gasteiger partial charge in [0.2, 0.25) is 0 Å². The van der Waals surface area contributed by atoms with Crippen LogP contribution in [0.25, 0.3) is 0 Å². The maximum atomic E-state index is 5.67. The maximum absolute atomic E-state index is 5.67. The average Bonchev–Trinajstić information content (AvgIpc) is 2.90. The Kier molecular flexibility index (Phi) is 7.12. The molecule has 0 saturated carbocycles. The fourth-order valence-electron chi connectivity index (χ4n) is 6.70. The fourth-order valence-corrected chi connectivity index (χ4v) is 6.70. The fraction of sp³-hybridized carbons (Fsp3) is 0.586.